The van der Waals surface area contributed by atoms with E-state index in [9.17, 15) is 9.59 Å². The predicted octanol–water partition coefficient (Wildman–Crippen LogP) is 5.89. The van der Waals surface area contributed by atoms with Gasteiger partial charge in [-0.15, -0.1) is 0 Å². The van der Waals surface area contributed by atoms with Gasteiger partial charge in [-0.1, -0.05) is 79.5 Å². The summed E-state index contributed by atoms with van der Waals surface area (Å²) < 4.78 is 5.85. The first-order valence-corrected chi connectivity index (χ1v) is 12.8. The lowest BCUT2D eigenvalue weighted by Crippen LogP contribution is -2.52. The highest BCUT2D eigenvalue weighted by Crippen LogP contribution is 2.22. The van der Waals surface area contributed by atoms with Gasteiger partial charge in [-0.3, -0.25) is 9.59 Å². The van der Waals surface area contributed by atoms with Crippen LogP contribution >= 0.6 is 11.6 Å². The molecule has 3 aromatic carbocycles. The lowest BCUT2D eigenvalue weighted by atomic mass is 10.0. The molecule has 1 unspecified atom stereocenters. The first-order chi connectivity index (χ1) is 17.4. The Kier molecular flexibility index (Phi) is 10.4. The van der Waals surface area contributed by atoms with E-state index < -0.39 is 6.04 Å². The third-order valence-electron chi connectivity index (χ3n) is 6.19. The second-order valence-corrected chi connectivity index (χ2v) is 9.41. The van der Waals surface area contributed by atoms with E-state index in [4.69, 9.17) is 16.3 Å². The zero-order chi connectivity index (χ0) is 25.9. The van der Waals surface area contributed by atoms with Crippen LogP contribution in [0.2, 0.25) is 5.02 Å². The number of rotatable bonds is 12. The number of carbonyl (C=O) groups excluding carboxylic acids is 2. The number of aryl methyl sites for hydroxylation is 2. The van der Waals surface area contributed by atoms with Gasteiger partial charge < -0.3 is 15.0 Å². The highest BCUT2D eigenvalue weighted by Gasteiger charge is 2.30. The molecule has 0 aliphatic rings. The van der Waals surface area contributed by atoms with Gasteiger partial charge in [0.2, 0.25) is 5.91 Å². The number of halogens is 1. The highest BCUT2D eigenvalue weighted by atomic mass is 35.5. The summed E-state index contributed by atoms with van der Waals surface area (Å²) >= 11 is 6.13. The Morgan fingerprint density at radius 2 is 1.69 bits per heavy atom. The molecule has 2 amide bonds. The average Bonchev–Trinajstić information content (AvgIpc) is 2.88. The maximum Gasteiger partial charge on any atom is 0.261 e. The molecule has 0 fully saturated rings. The molecule has 3 rings (SSSR count). The Balaban J connectivity index is 1.89. The number of hydrogen-bond donors (Lipinski definition) is 1. The van der Waals surface area contributed by atoms with Crippen molar-refractivity contribution in [1.29, 1.82) is 0 Å². The fourth-order valence-electron chi connectivity index (χ4n) is 3.97. The van der Waals surface area contributed by atoms with E-state index in [1.807, 2.05) is 68.4 Å². The second kappa shape index (κ2) is 13.7. The van der Waals surface area contributed by atoms with E-state index in [1.165, 1.54) is 0 Å². The lowest BCUT2D eigenvalue weighted by molar-refractivity contribution is -0.142. The molecule has 0 saturated carbocycles. The van der Waals surface area contributed by atoms with Gasteiger partial charge in [-0.2, -0.15) is 0 Å². The van der Waals surface area contributed by atoms with Crippen molar-refractivity contribution < 1.29 is 14.3 Å². The van der Waals surface area contributed by atoms with Crippen molar-refractivity contribution in [1.82, 2.24) is 10.2 Å². The van der Waals surface area contributed by atoms with Crippen molar-refractivity contribution in [2.75, 3.05) is 13.2 Å². The van der Waals surface area contributed by atoms with Gasteiger partial charge in [0, 0.05) is 24.5 Å². The Hall–Kier alpha value is -3.31. The lowest BCUT2D eigenvalue weighted by Gasteiger charge is -2.32. The minimum atomic E-state index is -0.674. The summed E-state index contributed by atoms with van der Waals surface area (Å²) in [5, 5.41) is 3.68. The number of nitrogens with one attached hydrogen (secondary N) is 1. The molecule has 6 heteroatoms. The smallest absolute Gasteiger partial charge is 0.261 e. The van der Waals surface area contributed by atoms with E-state index in [2.05, 4.69) is 12.2 Å². The number of carbonyl (C=O) groups is 2. The summed E-state index contributed by atoms with van der Waals surface area (Å²) in [5.74, 6) is 0.155. The van der Waals surface area contributed by atoms with Crippen LogP contribution in [0.25, 0.3) is 0 Å². The average molecular weight is 507 g/mol. The topological polar surface area (TPSA) is 58.6 Å². The normalized spacial score (nSPS) is 11.6. The SMILES string of the molecule is CCCCNC(=O)C(Cc1ccccc1)N(Cc1ccccc1C)C(=O)COc1ccc(Cl)c(C)c1. The zero-order valence-corrected chi connectivity index (χ0v) is 22.1. The highest BCUT2D eigenvalue weighted by molar-refractivity contribution is 6.31. The van der Waals surface area contributed by atoms with Gasteiger partial charge in [0.15, 0.2) is 6.61 Å². The van der Waals surface area contributed by atoms with E-state index >= 15 is 0 Å². The van der Waals surface area contributed by atoms with E-state index in [0.717, 1.165) is 35.1 Å². The summed E-state index contributed by atoms with van der Waals surface area (Å²) in [4.78, 5) is 28.7. The Bertz CT molecular complexity index is 1150. The van der Waals surface area contributed by atoms with Gasteiger partial charge >= 0.3 is 0 Å². The number of hydrogen-bond acceptors (Lipinski definition) is 3. The van der Waals surface area contributed by atoms with E-state index in [1.54, 1.807) is 23.1 Å². The van der Waals surface area contributed by atoms with E-state index in [0.29, 0.717) is 30.3 Å². The van der Waals surface area contributed by atoms with Crippen molar-refractivity contribution in [2.24, 2.45) is 0 Å². The van der Waals surface area contributed by atoms with Gasteiger partial charge in [0.05, 0.1) is 0 Å². The Morgan fingerprint density at radius 1 is 0.972 bits per heavy atom. The quantitative estimate of drug-likeness (QED) is 0.311. The predicted molar refractivity (Wildman–Crippen MR) is 145 cm³/mol. The van der Waals surface area contributed by atoms with Crippen LogP contribution in [0.3, 0.4) is 0 Å². The number of unbranched alkanes of at least 4 members (excludes halogenated alkanes) is 1. The minimum absolute atomic E-state index is 0.156. The second-order valence-electron chi connectivity index (χ2n) is 9.00. The van der Waals surface area contributed by atoms with Crippen LogP contribution in [0.4, 0.5) is 0 Å². The molecule has 0 saturated heterocycles. The first-order valence-electron chi connectivity index (χ1n) is 12.4. The molecule has 5 nitrogen and oxygen atoms in total. The van der Waals surface area contributed by atoms with Crippen LogP contribution in [0.15, 0.2) is 72.8 Å². The number of amides is 2. The first kappa shape index (κ1) is 27.3. The molecule has 0 aromatic heterocycles. The molecule has 1 atom stereocenters. The third kappa shape index (κ3) is 7.85. The van der Waals surface area contributed by atoms with Crippen LogP contribution in [-0.2, 0) is 22.6 Å². The standard InChI is InChI=1S/C30H35ClN2O3/c1-4-5-17-32-30(35)28(19-24-12-7-6-8-13-24)33(20-25-14-10-9-11-22(25)2)29(34)21-36-26-15-16-27(31)23(3)18-26/h6-16,18,28H,4-5,17,19-21H2,1-3H3,(H,32,35). The van der Waals surface area contributed by atoms with Crippen molar-refractivity contribution in [3.05, 3.63) is 100 Å². The largest absolute Gasteiger partial charge is 0.484 e. The fourth-order valence-corrected chi connectivity index (χ4v) is 4.08. The molecular weight excluding hydrogens is 472 g/mol. The maximum atomic E-state index is 13.6. The number of ether oxygens (including phenoxy) is 1. The summed E-state index contributed by atoms with van der Waals surface area (Å²) in [6, 6.07) is 22.3. The van der Waals surface area contributed by atoms with Crippen molar-refractivity contribution in [3.8, 4) is 5.75 Å². The molecule has 0 radical (unpaired) electrons. The monoisotopic (exact) mass is 506 g/mol. The van der Waals surface area contributed by atoms with Gasteiger partial charge in [0.1, 0.15) is 11.8 Å². The van der Waals surface area contributed by atoms with Gasteiger partial charge in [-0.05, 0) is 60.7 Å². The van der Waals surface area contributed by atoms with Gasteiger partial charge in [0.25, 0.3) is 5.91 Å². The summed E-state index contributed by atoms with van der Waals surface area (Å²) in [6.07, 6.45) is 2.27. The Labute approximate surface area is 219 Å². The van der Waals surface area contributed by atoms with Crippen LogP contribution < -0.4 is 10.1 Å². The zero-order valence-electron chi connectivity index (χ0n) is 21.3. The van der Waals surface area contributed by atoms with Crippen LogP contribution in [0.1, 0.15) is 42.0 Å². The molecule has 36 heavy (non-hydrogen) atoms. The summed E-state index contributed by atoms with van der Waals surface area (Å²) in [7, 11) is 0. The molecular formula is C30H35ClN2O3. The van der Waals surface area contributed by atoms with E-state index in [-0.39, 0.29) is 18.4 Å². The number of nitrogens with zero attached hydrogens (tertiary/aromatic N) is 1. The van der Waals surface area contributed by atoms with Gasteiger partial charge in [-0.25, -0.2) is 0 Å². The van der Waals surface area contributed by atoms with Crippen molar-refractivity contribution in [2.45, 2.75) is 52.6 Å². The molecule has 0 bridgehead atoms. The summed E-state index contributed by atoms with van der Waals surface area (Å²) in [6.45, 7) is 6.69. The molecule has 190 valence electrons. The molecule has 3 aromatic rings. The van der Waals surface area contributed by atoms with Crippen molar-refractivity contribution in [3.63, 3.8) is 0 Å². The van der Waals surface area contributed by atoms with Crippen molar-refractivity contribution >= 4 is 23.4 Å². The van der Waals surface area contributed by atoms with Crippen LogP contribution in [0, 0.1) is 13.8 Å². The molecule has 0 heterocycles. The molecule has 0 aliphatic heterocycles. The fraction of sp³-hybridized carbons (Fsp3) is 0.333. The minimum Gasteiger partial charge on any atom is -0.484 e. The summed E-state index contributed by atoms with van der Waals surface area (Å²) in [5.41, 5.74) is 3.92. The molecule has 0 spiro atoms. The van der Waals surface area contributed by atoms with Crippen LogP contribution in [0.5, 0.6) is 5.75 Å². The molecule has 0 aliphatic carbocycles. The Morgan fingerprint density at radius 3 is 2.39 bits per heavy atom. The maximum absolute atomic E-state index is 13.6. The molecule has 1 N–H and O–H groups in total. The number of benzene rings is 3. The van der Waals surface area contributed by atoms with Crippen LogP contribution in [-0.4, -0.2) is 35.9 Å². The third-order valence-corrected chi connectivity index (χ3v) is 6.62.